The van der Waals surface area contributed by atoms with E-state index < -0.39 is 0 Å². The molecule has 0 bridgehead atoms. The summed E-state index contributed by atoms with van der Waals surface area (Å²) in [6, 6.07) is 0.477. The van der Waals surface area contributed by atoms with Crippen LogP contribution in [0.4, 0.5) is 4.79 Å². The van der Waals surface area contributed by atoms with E-state index in [1.165, 1.54) is 0 Å². The van der Waals surface area contributed by atoms with Gasteiger partial charge >= 0.3 is 6.03 Å². The molecule has 2 rings (SSSR count). The van der Waals surface area contributed by atoms with E-state index in [-0.39, 0.29) is 24.0 Å². The molecular formula is C15H26N6O2S. The minimum atomic E-state index is -0.0471. The van der Waals surface area contributed by atoms with E-state index in [0.717, 1.165) is 44.3 Å². The first kappa shape index (κ1) is 18.7. The summed E-state index contributed by atoms with van der Waals surface area (Å²) in [6.07, 6.45) is 6.25. The van der Waals surface area contributed by atoms with Gasteiger partial charge in [0.1, 0.15) is 0 Å². The fourth-order valence-corrected chi connectivity index (χ4v) is 4.66. The summed E-state index contributed by atoms with van der Waals surface area (Å²) in [5.74, 6) is 1.09. The van der Waals surface area contributed by atoms with Gasteiger partial charge < -0.3 is 16.0 Å². The standard InChI is InChI=1S/C15H26N6O2S/c16-21-18-9-5-1-4-8-17-13(22)7-3-2-6-12-14-11(10-24-12)19-15(23)20-14/h11-12,14H,1-10H2,(H,17,22)(H2,19,20,23)/t11-,12-,14-/m0/s1. The van der Waals surface area contributed by atoms with Crippen LogP contribution in [0, 0.1) is 0 Å². The molecule has 8 nitrogen and oxygen atoms in total. The lowest BCUT2D eigenvalue weighted by Gasteiger charge is -2.16. The summed E-state index contributed by atoms with van der Waals surface area (Å²) in [7, 11) is 0. The van der Waals surface area contributed by atoms with Crippen LogP contribution in [0.25, 0.3) is 10.4 Å². The monoisotopic (exact) mass is 354 g/mol. The molecule has 0 saturated carbocycles. The number of urea groups is 1. The quantitative estimate of drug-likeness (QED) is 0.174. The van der Waals surface area contributed by atoms with Crippen LogP contribution < -0.4 is 16.0 Å². The minimum Gasteiger partial charge on any atom is -0.356 e. The second kappa shape index (κ2) is 10.3. The van der Waals surface area contributed by atoms with Crippen molar-refractivity contribution in [3.05, 3.63) is 10.4 Å². The van der Waals surface area contributed by atoms with Gasteiger partial charge in [0.05, 0.1) is 12.1 Å². The van der Waals surface area contributed by atoms with Crippen LogP contribution in [0.2, 0.25) is 0 Å². The fraction of sp³-hybridized carbons (Fsp3) is 0.867. The number of unbranched alkanes of at least 4 members (excludes halogenated alkanes) is 3. The van der Waals surface area contributed by atoms with Crippen molar-refractivity contribution in [3.63, 3.8) is 0 Å². The van der Waals surface area contributed by atoms with Gasteiger partial charge in [-0.3, -0.25) is 4.79 Å². The second-order valence-corrected chi connectivity index (χ2v) is 7.50. The first-order chi connectivity index (χ1) is 11.7. The van der Waals surface area contributed by atoms with Gasteiger partial charge in [0, 0.05) is 35.4 Å². The van der Waals surface area contributed by atoms with Crippen molar-refractivity contribution in [1.29, 1.82) is 0 Å². The molecule has 0 aromatic carbocycles. The largest absolute Gasteiger partial charge is 0.356 e. The first-order valence-corrected chi connectivity index (χ1v) is 9.72. The summed E-state index contributed by atoms with van der Waals surface area (Å²) < 4.78 is 0. The number of hydrogen-bond acceptors (Lipinski definition) is 4. The highest BCUT2D eigenvalue weighted by molar-refractivity contribution is 8.00. The average Bonchev–Trinajstić information content (AvgIpc) is 3.10. The summed E-state index contributed by atoms with van der Waals surface area (Å²) in [4.78, 5) is 25.8. The molecule has 2 aliphatic rings. The second-order valence-electron chi connectivity index (χ2n) is 6.23. The zero-order chi connectivity index (χ0) is 17.2. The van der Waals surface area contributed by atoms with Crippen LogP contribution in [-0.2, 0) is 4.79 Å². The maximum absolute atomic E-state index is 11.7. The van der Waals surface area contributed by atoms with Crippen LogP contribution >= 0.6 is 11.8 Å². The molecule has 2 saturated heterocycles. The predicted octanol–water partition coefficient (Wildman–Crippen LogP) is 2.31. The van der Waals surface area contributed by atoms with E-state index in [4.69, 9.17) is 5.53 Å². The van der Waals surface area contributed by atoms with E-state index in [1.54, 1.807) is 0 Å². The molecule has 2 fully saturated rings. The molecular weight excluding hydrogens is 328 g/mol. The van der Waals surface area contributed by atoms with Crippen molar-refractivity contribution < 1.29 is 9.59 Å². The highest BCUT2D eigenvalue weighted by Crippen LogP contribution is 2.33. The topological polar surface area (TPSA) is 119 Å². The van der Waals surface area contributed by atoms with Gasteiger partial charge in [-0.1, -0.05) is 18.0 Å². The summed E-state index contributed by atoms with van der Waals surface area (Å²) in [5, 5.41) is 12.8. The van der Waals surface area contributed by atoms with Gasteiger partial charge in [0.2, 0.25) is 5.91 Å². The molecule has 9 heteroatoms. The Balaban J connectivity index is 1.45. The molecule has 3 atom stereocenters. The van der Waals surface area contributed by atoms with E-state index in [2.05, 4.69) is 26.0 Å². The number of thioether (sulfide) groups is 1. The molecule has 0 unspecified atom stereocenters. The molecule has 0 radical (unpaired) electrons. The van der Waals surface area contributed by atoms with Gasteiger partial charge in [-0.05, 0) is 31.2 Å². The molecule has 3 N–H and O–H groups in total. The molecule has 0 aromatic heterocycles. The number of nitrogens with one attached hydrogen (secondary N) is 3. The molecule has 134 valence electrons. The van der Waals surface area contributed by atoms with Gasteiger partial charge in [-0.2, -0.15) is 11.8 Å². The Morgan fingerprint density at radius 3 is 3.00 bits per heavy atom. The highest BCUT2D eigenvalue weighted by atomic mass is 32.2. The number of hydrogen-bond donors (Lipinski definition) is 3. The number of amides is 3. The molecule has 0 aromatic rings. The van der Waals surface area contributed by atoms with Gasteiger partial charge in [0.25, 0.3) is 0 Å². The Labute approximate surface area is 146 Å². The van der Waals surface area contributed by atoms with Crippen LogP contribution in [0.3, 0.4) is 0 Å². The number of azide groups is 1. The number of fused-ring (bicyclic) bond motifs is 1. The highest BCUT2D eigenvalue weighted by Gasteiger charge is 2.42. The Morgan fingerprint density at radius 1 is 1.29 bits per heavy atom. The smallest absolute Gasteiger partial charge is 0.315 e. The molecule has 24 heavy (non-hydrogen) atoms. The zero-order valence-corrected chi connectivity index (χ0v) is 14.7. The Hall–Kier alpha value is -1.60. The van der Waals surface area contributed by atoms with Gasteiger partial charge in [-0.25, -0.2) is 4.79 Å². The van der Waals surface area contributed by atoms with Crippen molar-refractivity contribution in [2.45, 2.75) is 62.3 Å². The minimum absolute atomic E-state index is 0.0471. The maximum atomic E-state index is 11.7. The third-order valence-corrected chi connectivity index (χ3v) is 5.91. The van der Waals surface area contributed by atoms with E-state index in [9.17, 15) is 9.59 Å². The Bertz CT molecular complexity index is 483. The van der Waals surface area contributed by atoms with Gasteiger partial charge in [0.15, 0.2) is 0 Å². The zero-order valence-electron chi connectivity index (χ0n) is 13.9. The Morgan fingerprint density at radius 2 is 2.17 bits per heavy atom. The Kier molecular flexibility index (Phi) is 8.04. The van der Waals surface area contributed by atoms with Crippen molar-refractivity contribution in [3.8, 4) is 0 Å². The first-order valence-electron chi connectivity index (χ1n) is 8.67. The maximum Gasteiger partial charge on any atom is 0.315 e. The third-order valence-electron chi connectivity index (χ3n) is 4.40. The molecule has 2 aliphatic heterocycles. The van der Waals surface area contributed by atoms with Crippen LogP contribution in [0.5, 0.6) is 0 Å². The number of carbonyl (C=O) groups excluding carboxylic acids is 2. The lowest BCUT2D eigenvalue weighted by molar-refractivity contribution is -0.121. The number of carbonyl (C=O) groups is 2. The van der Waals surface area contributed by atoms with Crippen LogP contribution in [0.15, 0.2) is 5.11 Å². The lowest BCUT2D eigenvalue weighted by atomic mass is 10.0. The average molecular weight is 354 g/mol. The van der Waals surface area contributed by atoms with Crippen molar-refractivity contribution in [2.24, 2.45) is 5.11 Å². The van der Waals surface area contributed by atoms with Gasteiger partial charge in [-0.15, -0.1) is 0 Å². The van der Waals surface area contributed by atoms with E-state index in [1.807, 2.05) is 11.8 Å². The van der Waals surface area contributed by atoms with E-state index >= 15 is 0 Å². The predicted molar refractivity (Wildman–Crippen MR) is 94.8 cm³/mol. The molecule has 2 heterocycles. The number of nitrogens with zero attached hydrogens (tertiary/aromatic N) is 3. The normalized spacial score (nSPS) is 24.7. The number of rotatable bonds is 11. The lowest BCUT2D eigenvalue weighted by Crippen LogP contribution is -2.36. The summed E-state index contributed by atoms with van der Waals surface area (Å²) >= 11 is 1.91. The van der Waals surface area contributed by atoms with Crippen LogP contribution in [0.1, 0.15) is 44.9 Å². The molecule has 0 aliphatic carbocycles. The molecule has 3 amide bonds. The van der Waals surface area contributed by atoms with Crippen LogP contribution in [-0.4, -0.2) is 48.1 Å². The molecule has 0 spiro atoms. The van der Waals surface area contributed by atoms with Crippen molar-refractivity contribution in [2.75, 3.05) is 18.8 Å². The van der Waals surface area contributed by atoms with Crippen molar-refractivity contribution in [1.82, 2.24) is 16.0 Å². The summed E-state index contributed by atoms with van der Waals surface area (Å²) in [6.45, 7) is 1.22. The van der Waals surface area contributed by atoms with Crippen molar-refractivity contribution >= 4 is 23.7 Å². The van der Waals surface area contributed by atoms with E-state index in [0.29, 0.717) is 24.8 Å². The summed E-state index contributed by atoms with van der Waals surface area (Å²) in [5.41, 5.74) is 8.15. The SMILES string of the molecule is [N-]=[N+]=NCCCCCNC(=O)CCCC[C@@H]1SC[C@@H]2NC(=O)N[C@@H]21. The third kappa shape index (κ3) is 6.13. The fourth-order valence-electron chi connectivity index (χ4n) is 3.12.